The Kier molecular flexibility index (Phi) is 6.81. The van der Waals surface area contributed by atoms with E-state index < -0.39 is 23.8 Å². The Morgan fingerprint density at radius 2 is 1.00 bits per heavy atom. The lowest BCUT2D eigenvalue weighted by molar-refractivity contribution is -0.132. The molecule has 4 N–H and O–H groups in total. The summed E-state index contributed by atoms with van der Waals surface area (Å²) in [5.41, 5.74) is 0. The van der Waals surface area contributed by atoms with E-state index in [4.69, 9.17) is 10.2 Å². The highest BCUT2D eigenvalue weighted by atomic mass is 16.4. The molecule has 0 atom stereocenters. The Hall–Kier alpha value is -2.64. The molecule has 1 rings (SSSR count). The van der Waals surface area contributed by atoms with E-state index in [0.717, 1.165) is 24.3 Å². The van der Waals surface area contributed by atoms with Crippen molar-refractivity contribution in [2.45, 2.75) is 37.8 Å². The molecule has 0 aromatic rings. The molecule has 1 fully saturated rings. The van der Waals surface area contributed by atoms with Gasteiger partial charge in [-0.2, -0.15) is 0 Å². The fourth-order valence-corrected chi connectivity index (χ4v) is 2.17. The summed E-state index contributed by atoms with van der Waals surface area (Å²) in [6, 6.07) is -0.123. The third-order valence-electron chi connectivity index (χ3n) is 3.17. The topological polar surface area (TPSA) is 133 Å². The standard InChI is InChI=1S/C14H18N2O6/c17-11(5-7-13(19)20)15-9-1-2-10(4-3-9)16-12(18)6-8-14(21)22/h5-10H,1-4H2,(H,15,17)(H,16,18)(H,19,20)(H,21,22)/b7-5-,8-6-. The molecule has 0 bridgehead atoms. The Morgan fingerprint density at radius 3 is 1.27 bits per heavy atom. The Morgan fingerprint density at radius 1 is 0.682 bits per heavy atom. The molecule has 1 aliphatic rings. The van der Waals surface area contributed by atoms with Crippen molar-refractivity contribution >= 4 is 23.8 Å². The van der Waals surface area contributed by atoms with Crippen LogP contribution in [0.25, 0.3) is 0 Å². The van der Waals surface area contributed by atoms with Gasteiger partial charge in [0.05, 0.1) is 0 Å². The van der Waals surface area contributed by atoms with Crippen molar-refractivity contribution in [3.05, 3.63) is 24.3 Å². The fraction of sp³-hybridized carbons (Fsp3) is 0.429. The van der Waals surface area contributed by atoms with Gasteiger partial charge in [0.1, 0.15) is 0 Å². The van der Waals surface area contributed by atoms with Crippen molar-refractivity contribution in [2.75, 3.05) is 0 Å². The maximum absolute atomic E-state index is 11.4. The first kappa shape index (κ1) is 17.4. The van der Waals surface area contributed by atoms with Gasteiger partial charge in [0.15, 0.2) is 0 Å². The molecule has 0 unspecified atom stereocenters. The smallest absolute Gasteiger partial charge is 0.328 e. The first-order valence-electron chi connectivity index (χ1n) is 6.80. The van der Waals surface area contributed by atoms with Gasteiger partial charge in [-0.15, -0.1) is 0 Å². The van der Waals surface area contributed by atoms with Crippen molar-refractivity contribution in [1.82, 2.24) is 10.6 Å². The summed E-state index contributed by atoms with van der Waals surface area (Å²) >= 11 is 0. The molecule has 8 nitrogen and oxygen atoms in total. The first-order valence-corrected chi connectivity index (χ1v) is 6.80. The minimum Gasteiger partial charge on any atom is -0.478 e. The van der Waals surface area contributed by atoms with Gasteiger partial charge in [0.2, 0.25) is 11.8 Å². The number of aliphatic carboxylic acids is 2. The minimum atomic E-state index is -1.18. The molecule has 120 valence electrons. The second-order valence-corrected chi connectivity index (χ2v) is 4.91. The molecule has 0 heterocycles. The number of rotatable bonds is 6. The second kappa shape index (κ2) is 8.60. The highest BCUT2D eigenvalue weighted by Gasteiger charge is 2.22. The zero-order valence-electron chi connectivity index (χ0n) is 11.8. The molecule has 1 saturated carbocycles. The molecule has 8 heteroatoms. The van der Waals surface area contributed by atoms with Gasteiger partial charge in [0.25, 0.3) is 0 Å². The van der Waals surface area contributed by atoms with E-state index in [1.165, 1.54) is 0 Å². The summed E-state index contributed by atoms with van der Waals surface area (Å²) in [7, 11) is 0. The largest absolute Gasteiger partial charge is 0.478 e. The van der Waals surface area contributed by atoms with Crippen LogP contribution < -0.4 is 10.6 Å². The molecule has 0 aromatic carbocycles. The summed E-state index contributed by atoms with van der Waals surface area (Å²) in [6.07, 6.45) is 6.09. The number of hydrogen-bond acceptors (Lipinski definition) is 4. The zero-order chi connectivity index (χ0) is 16.5. The Balaban J connectivity index is 2.31. The molecule has 0 aromatic heterocycles. The first-order chi connectivity index (χ1) is 10.4. The summed E-state index contributed by atoms with van der Waals surface area (Å²) < 4.78 is 0. The normalized spacial score (nSPS) is 21.6. The highest BCUT2D eigenvalue weighted by molar-refractivity contribution is 5.94. The summed E-state index contributed by atoms with van der Waals surface area (Å²) in [6.45, 7) is 0. The van der Waals surface area contributed by atoms with Crippen LogP contribution in [-0.2, 0) is 19.2 Å². The zero-order valence-corrected chi connectivity index (χ0v) is 11.8. The number of amides is 2. The number of carbonyl (C=O) groups is 4. The van der Waals surface area contributed by atoms with Crippen LogP contribution in [0.4, 0.5) is 0 Å². The van der Waals surface area contributed by atoms with Crippen LogP contribution >= 0.6 is 0 Å². The van der Waals surface area contributed by atoms with Gasteiger partial charge >= 0.3 is 11.9 Å². The monoisotopic (exact) mass is 310 g/mol. The lowest BCUT2D eigenvalue weighted by Crippen LogP contribution is -2.43. The Bertz CT molecular complexity index is 457. The summed E-state index contributed by atoms with van der Waals surface area (Å²) in [5.74, 6) is -3.29. The van der Waals surface area contributed by atoms with Crippen LogP contribution in [0.2, 0.25) is 0 Å². The van der Waals surface area contributed by atoms with Gasteiger partial charge in [0, 0.05) is 36.4 Å². The van der Waals surface area contributed by atoms with Gasteiger partial charge < -0.3 is 20.8 Å². The molecule has 22 heavy (non-hydrogen) atoms. The maximum Gasteiger partial charge on any atom is 0.328 e. The van der Waals surface area contributed by atoms with E-state index >= 15 is 0 Å². The van der Waals surface area contributed by atoms with Gasteiger partial charge in [-0.05, 0) is 25.7 Å². The SMILES string of the molecule is O=C(O)/C=C\C(=O)NC1CCC(NC(=O)/C=C\C(=O)O)CC1. The van der Waals surface area contributed by atoms with Crippen LogP contribution in [-0.4, -0.2) is 46.0 Å². The average molecular weight is 310 g/mol. The van der Waals surface area contributed by atoms with Gasteiger partial charge in [-0.3, -0.25) is 9.59 Å². The quantitative estimate of drug-likeness (QED) is 0.503. The van der Waals surface area contributed by atoms with Crippen LogP contribution in [0.1, 0.15) is 25.7 Å². The highest BCUT2D eigenvalue weighted by Crippen LogP contribution is 2.18. The number of hydrogen-bond donors (Lipinski definition) is 4. The molecule has 0 saturated heterocycles. The summed E-state index contributed by atoms with van der Waals surface area (Å²) in [4.78, 5) is 43.4. The Labute approximate surface area is 126 Å². The summed E-state index contributed by atoms with van der Waals surface area (Å²) in [5, 5.41) is 22.2. The number of carbonyl (C=O) groups excluding carboxylic acids is 2. The maximum atomic E-state index is 11.4. The molecule has 1 aliphatic carbocycles. The van der Waals surface area contributed by atoms with E-state index in [1.54, 1.807) is 0 Å². The van der Waals surface area contributed by atoms with Crippen LogP contribution in [0, 0.1) is 0 Å². The molecule has 0 spiro atoms. The predicted octanol–water partition coefficient (Wildman–Crippen LogP) is -0.188. The minimum absolute atomic E-state index is 0.0614. The van der Waals surface area contributed by atoms with Gasteiger partial charge in [-0.1, -0.05) is 0 Å². The number of carboxylic acids is 2. The third kappa shape index (κ3) is 7.22. The third-order valence-corrected chi connectivity index (χ3v) is 3.17. The average Bonchev–Trinajstić information content (AvgIpc) is 2.45. The molecule has 0 radical (unpaired) electrons. The molecular weight excluding hydrogens is 292 g/mol. The van der Waals surface area contributed by atoms with E-state index in [1.807, 2.05) is 0 Å². The fourth-order valence-electron chi connectivity index (χ4n) is 2.17. The molecular formula is C14H18N2O6. The lowest BCUT2D eigenvalue weighted by atomic mass is 9.91. The van der Waals surface area contributed by atoms with E-state index in [9.17, 15) is 19.2 Å². The predicted molar refractivity (Wildman–Crippen MR) is 75.9 cm³/mol. The molecule has 2 amide bonds. The molecule has 0 aliphatic heterocycles. The van der Waals surface area contributed by atoms with Crippen molar-refractivity contribution in [2.24, 2.45) is 0 Å². The van der Waals surface area contributed by atoms with Crippen molar-refractivity contribution in [1.29, 1.82) is 0 Å². The van der Waals surface area contributed by atoms with Crippen molar-refractivity contribution < 1.29 is 29.4 Å². The van der Waals surface area contributed by atoms with E-state index in [-0.39, 0.29) is 12.1 Å². The van der Waals surface area contributed by atoms with E-state index in [2.05, 4.69) is 10.6 Å². The number of carboxylic acid groups (broad SMARTS) is 2. The van der Waals surface area contributed by atoms with Crippen LogP contribution in [0.3, 0.4) is 0 Å². The van der Waals surface area contributed by atoms with Crippen molar-refractivity contribution in [3.63, 3.8) is 0 Å². The van der Waals surface area contributed by atoms with Crippen molar-refractivity contribution in [3.8, 4) is 0 Å². The van der Waals surface area contributed by atoms with Crippen LogP contribution in [0.15, 0.2) is 24.3 Å². The van der Waals surface area contributed by atoms with Crippen LogP contribution in [0.5, 0.6) is 0 Å². The van der Waals surface area contributed by atoms with E-state index in [0.29, 0.717) is 25.7 Å². The number of nitrogens with one attached hydrogen (secondary N) is 2. The van der Waals surface area contributed by atoms with Gasteiger partial charge in [-0.25, -0.2) is 9.59 Å². The lowest BCUT2D eigenvalue weighted by Gasteiger charge is -2.29. The second-order valence-electron chi connectivity index (χ2n) is 4.91.